The van der Waals surface area contributed by atoms with Crippen LogP contribution < -0.4 is 0 Å². The van der Waals surface area contributed by atoms with E-state index in [0.717, 1.165) is 0 Å². The van der Waals surface area contributed by atoms with Crippen molar-refractivity contribution in [1.82, 2.24) is 9.97 Å². The fourth-order valence-corrected chi connectivity index (χ4v) is 2.23. The van der Waals surface area contributed by atoms with Crippen LogP contribution in [0.4, 0.5) is 4.39 Å². The summed E-state index contributed by atoms with van der Waals surface area (Å²) >= 11 is 8.26. The molecule has 6 heteroatoms. The number of nitrogens with one attached hydrogen (secondary N) is 1. The number of nitrogens with zero attached hydrogens (tertiary/aromatic N) is 1. The number of hydrogen-bond donors (Lipinski definition) is 1. The average molecular weight is 343 g/mol. The Labute approximate surface area is 124 Å². The Hall–Kier alpha value is -1.11. The monoisotopic (exact) mass is 342 g/mol. The molecule has 0 atom stereocenters. The van der Waals surface area contributed by atoms with Crippen molar-refractivity contribution < 1.29 is 9.13 Å². The van der Waals surface area contributed by atoms with Gasteiger partial charge in [0.25, 0.3) is 0 Å². The van der Waals surface area contributed by atoms with Gasteiger partial charge in [0, 0.05) is 12.2 Å². The zero-order valence-electron chi connectivity index (χ0n) is 10.2. The van der Waals surface area contributed by atoms with Gasteiger partial charge in [-0.25, -0.2) is 9.37 Å². The molecule has 3 nitrogen and oxygen atoms in total. The van der Waals surface area contributed by atoms with E-state index >= 15 is 0 Å². The summed E-state index contributed by atoms with van der Waals surface area (Å²) in [6.07, 6.45) is 0. The van der Waals surface area contributed by atoms with Crippen molar-refractivity contribution in [3.8, 4) is 11.3 Å². The van der Waals surface area contributed by atoms with Crippen molar-refractivity contribution in [2.24, 2.45) is 0 Å². The van der Waals surface area contributed by atoms with Crippen molar-refractivity contribution >= 4 is 28.1 Å². The molecule has 0 aliphatic heterocycles. The zero-order valence-corrected chi connectivity index (χ0v) is 12.6. The lowest BCUT2D eigenvalue weighted by Gasteiger charge is -2.08. The molecule has 1 aromatic heterocycles. The maximum Gasteiger partial charge on any atom is 0.146 e. The number of hydrogen-bond acceptors (Lipinski definition) is 3. The molecule has 0 fully saturated rings. The standard InChI is InChI=1S/C13H12BrFN2OS/c1-2-18-7-11-16-10(6-12(19)17-11)8-4-3-5-9(14)13(8)15/h3-6H,2,7H2,1H3,(H,16,17,19). The van der Waals surface area contributed by atoms with Crippen molar-refractivity contribution in [3.05, 3.63) is 45.0 Å². The zero-order chi connectivity index (χ0) is 13.8. The molecule has 1 N–H and O–H groups in total. The van der Waals surface area contributed by atoms with Crippen LogP contribution in [0.15, 0.2) is 28.7 Å². The Balaban J connectivity index is 2.47. The molecule has 0 bridgehead atoms. The molecule has 2 rings (SSSR count). The highest BCUT2D eigenvalue weighted by molar-refractivity contribution is 9.10. The van der Waals surface area contributed by atoms with E-state index in [1.807, 2.05) is 6.92 Å². The lowest BCUT2D eigenvalue weighted by atomic mass is 10.1. The summed E-state index contributed by atoms with van der Waals surface area (Å²) < 4.78 is 20.1. The van der Waals surface area contributed by atoms with Crippen LogP contribution in [0.2, 0.25) is 0 Å². The molecule has 0 radical (unpaired) electrons. The number of rotatable bonds is 4. The summed E-state index contributed by atoms with van der Waals surface area (Å²) in [5.74, 6) is 0.255. The number of halogens is 2. The maximum absolute atomic E-state index is 14.1. The van der Waals surface area contributed by atoms with Crippen LogP contribution in [0.25, 0.3) is 11.3 Å². The summed E-state index contributed by atoms with van der Waals surface area (Å²) in [5, 5.41) is 0. The molecular weight excluding hydrogens is 331 g/mol. The van der Waals surface area contributed by atoms with Gasteiger partial charge in [0.1, 0.15) is 22.9 Å². The molecule has 2 aromatic rings. The van der Waals surface area contributed by atoms with E-state index in [1.165, 1.54) is 0 Å². The Morgan fingerprint density at radius 2 is 2.26 bits per heavy atom. The van der Waals surface area contributed by atoms with Crippen molar-refractivity contribution in [1.29, 1.82) is 0 Å². The van der Waals surface area contributed by atoms with Gasteiger partial charge in [0.05, 0.1) is 10.2 Å². The third kappa shape index (κ3) is 3.46. The first-order valence-corrected chi connectivity index (χ1v) is 6.94. The van der Waals surface area contributed by atoms with Gasteiger partial charge in [-0.1, -0.05) is 18.3 Å². The molecule has 0 saturated heterocycles. The van der Waals surface area contributed by atoms with E-state index in [9.17, 15) is 4.39 Å². The van der Waals surface area contributed by atoms with Crippen LogP contribution in [0.3, 0.4) is 0 Å². The molecule has 0 saturated carbocycles. The second-order valence-electron chi connectivity index (χ2n) is 3.82. The number of aromatic amines is 1. The third-order valence-electron chi connectivity index (χ3n) is 2.48. The van der Waals surface area contributed by atoms with Crippen LogP contribution in [0.1, 0.15) is 12.7 Å². The van der Waals surface area contributed by atoms with Crippen LogP contribution in [0.5, 0.6) is 0 Å². The third-order valence-corrected chi connectivity index (χ3v) is 3.30. The van der Waals surface area contributed by atoms with Crippen LogP contribution in [0, 0.1) is 10.5 Å². The number of H-pyrrole nitrogens is 1. The minimum atomic E-state index is -0.332. The molecule has 0 unspecified atom stereocenters. The molecule has 0 spiro atoms. The fraction of sp³-hybridized carbons (Fsp3) is 0.231. The highest BCUT2D eigenvalue weighted by Crippen LogP contribution is 2.26. The van der Waals surface area contributed by atoms with Gasteiger partial charge in [-0.15, -0.1) is 0 Å². The first-order valence-electron chi connectivity index (χ1n) is 5.74. The normalized spacial score (nSPS) is 10.7. The molecule has 1 aromatic carbocycles. The topological polar surface area (TPSA) is 37.9 Å². The molecule has 0 aliphatic rings. The summed E-state index contributed by atoms with van der Waals surface area (Å²) in [5.41, 5.74) is 1.04. The van der Waals surface area contributed by atoms with Gasteiger partial charge in [-0.05, 0) is 41.1 Å². The second-order valence-corrected chi connectivity index (χ2v) is 5.09. The second kappa shape index (κ2) is 6.36. The van der Waals surface area contributed by atoms with E-state index in [2.05, 4.69) is 25.9 Å². The van der Waals surface area contributed by atoms with E-state index in [1.54, 1.807) is 24.3 Å². The number of ether oxygens (including phenoxy) is 1. The Morgan fingerprint density at radius 3 is 3.00 bits per heavy atom. The minimum Gasteiger partial charge on any atom is -0.374 e. The predicted octanol–water partition coefficient (Wildman–Crippen LogP) is 4.24. The van der Waals surface area contributed by atoms with E-state index in [-0.39, 0.29) is 5.82 Å². The van der Waals surface area contributed by atoms with E-state index in [0.29, 0.717) is 39.4 Å². The van der Waals surface area contributed by atoms with Gasteiger partial charge < -0.3 is 9.72 Å². The molecule has 19 heavy (non-hydrogen) atoms. The fourth-order valence-electron chi connectivity index (χ4n) is 1.63. The SMILES string of the molecule is CCOCc1nc(=S)cc(-c2cccc(Br)c2F)[nH]1. The van der Waals surface area contributed by atoms with Gasteiger partial charge >= 0.3 is 0 Å². The van der Waals surface area contributed by atoms with Crippen molar-refractivity contribution in [3.63, 3.8) is 0 Å². The molecule has 0 aliphatic carbocycles. The quantitative estimate of drug-likeness (QED) is 0.844. The number of aromatic nitrogens is 2. The highest BCUT2D eigenvalue weighted by atomic mass is 79.9. The van der Waals surface area contributed by atoms with Crippen molar-refractivity contribution in [2.45, 2.75) is 13.5 Å². The van der Waals surface area contributed by atoms with Crippen LogP contribution in [-0.2, 0) is 11.3 Å². The summed E-state index contributed by atoms with van der Waals surface area (Å²) in [6, 6.07) is 6.73. The lowest BCUT2D eigenvalue weighted by molar-refractivity contribution is 0.128. The van der Waals surface area contributed by atoms with Crippen LogP contribution in [-0.4, -0.2) is 16.6 Å². The number of benzene rings is 1. The molecule has 100 valence electrons. The first-order chi connectivity index (χ1) is 9.11. The van der Waals surface area contributed by atoms with Crippen LogP contribution >= 0.6 is 28.1 Å². The Morgan fingerprint density at radius 1 is 1.47 bits per heavy atom. The van der Waals surface area contributed by atoms with E-state index in [4.69, 9.17) is 17.0 Å². The maximum atomic E-state index is 14.1. The van der Waals surface area contributed by atoms with Gasteiger partial charge in [-0.2, -0.15) is 0 Å². The summed E-state index contributed by atoms with van der Waals surface area (Å²) in [6.45, 7) is 2.80. The molecular formula is C13H12BrFN2OS. The lowest BCUT2D eigenvalue weighted by Crippen LogP contribution is -2.01. The van der Waals surface area contributed by atoms with Gasteiger partial charge in [-0.3, -0.25) is 0 Å². The largest absolute Gasteiger partial charge is 0.374 e. The summed E-state index contributed by atoms with van der Waals surface area (Å²) in [4.78, 5) is 7.19. The van der Waals surface area contributed by atoms with E-state index < -0.39 is 0 Å². The summed E-state index contributed by atoms with van der Waals surface area (Å²) in [7, 11) is 0. The Kier molecular flexibility index (Phi) is 4.79. The smallest absolute Gasteiger partial charge is 0.146 e. The van der Waals surface area contributed by atoms with Gasteiger partial charge in [0.15, 0.2) is 0 Å². The van der Waals surface area contributed by atoms with Crippen molar-refractivity contribution in [2.75, 3.05) is 6.61 Å². The molecule has 0 amide bonds. The average Bonchev–Trinajstić information content (AvgIpc) is 2.39. The molecule has 1 heterocycles. The highest BCUT2D eigenvalue weighted by Gasteiger charge is 2.10. The minimum absolute atomic E-state index is 0.323. The predicted molar refractivity (Wildman–Crippen MR) is 77.8 cm³/mol. The first kappa shape index (κ1) is 14.3. The van der Waals surface area contributed by atoms with Gasteiger partial charge in [0.2, 0.25) is 0 Å². The Bertz CT molecular complexity index is 645.